The van der Waals surface area contributed by atoms with Crippen LogP contribution in [0.5, 0.6) is 0 Å². The van der Waals surface area contributed by atoms with Crippen molar-refractivity contribution in [3.8, 4) is 11.1 Å². The van der Waals surface area contributed by atoms with Crippen LogP contribution in [-0.4, -0.2) is 0 Å². The summed E-state index contributed by atoms with van der Waals surface area (Å²) >= 11 is 0. The number of nitrogens with two attached hydrogens (primary N) is 3. The molecule has 0 bridgehead atoms. The molecule has 4 nitrogen and oxygen atoms in total. The molecule has 0 atom stereocenters. The molecule has 0 aliphatic heterocycles. The molecule has 6 N–H and O–H groups in total. The summed E-state index contributed by atoms with van der Waals surface area (Å²) < 4.78 is 0. The minimum absolute atomic E-state index is 0.774. The SMILES string of the molecule is Cc1cccc(N(c2ccccc2)c2ccc(N)cc2)c1.Nc1ccc(-c2ccc(N)cc2)cc1. The zero-order valence-corrected chi connectivity index (χ0v) is 19.8. The summed E-state index contributed by atoms with van der Waals surface area (Å²) in [5.41, 5.74) is 26.3. The second kappa shape index (κ2) is 10.9. The van der Waals surface area contributed by atoms with E-state index in [0.717, 1.165) is 45.3 Å². The molecule has 174 valence electrons. The highest BCUT2D eigenvalue weighted by Gasteiger charge is 2.11. The van der Waals surface area contributed by atoms with Gasteiger partial charge < -0.3 is 22.1 Å². The summed E-state index contributed by atoms with van der Waals surface area (Å²) in [4.78, 5) is 2.23. The average Bonchev–Trinajstić information content (AvgIpc) is 2.88. The third-order valence-electron chi connectivity index (χ3n) is 5.58. The average molecular weight is 459 g/mol. The summed E-state index contributed by atoms with van der Waals surface area (Å²) in [6, 6.07) is 42.4. The normalized spacial score (nSPS) is 10.2. The molecule has 5 aromatic carbocycles. The van der Waals surface area contributed by atoms with Crippen molar-refractivity contribution in [3.63, 3.8) is 0 Å². The lowest BCUT2D eigenvalue weighted by molar-refractivity contribution is 1.27. The number of hydrogen-bond donors (Lipinski definition) is 3. The number of nitrogens with zero attached hydrogens (tertiary/aromatic N) is 1. The molecule has 4 heteroatoms. The van der Waals surface area contributed by atoms with Crippen LogP contribution in [-0.2, 0) is 0 Å². The van der Waals surface area contributed by atoms with Gasteiger partial charge in [-0.25, -0.2) is 0 Å². The molecule has 0 spiro atoms. The van der Waals surface area contributed by atoms with E-state index in [1.54, 1.807) is 0 Å². The topological polar surface area (TPSA) is 81.3 Å². The van der Waals surface area contributed by atoms with E-state index in [9.17, 15) is 0 Å². The molecule has 5 rings (SSSR count). The highest BCUT2D eigenvalue weighted by Crippen LogP contribution is 2.34. The Bertz CT molecular complexity index is 1300. The van der Waals surface area contributed by atoms with Crippen molar-refractivity contribution in [2.24, 2.45) is 0 Å². The van der Waals surface area contributed by atoms with E-state index in [1.165, 1.54) is 5.56 Å². The first-order valence-corrected chi connectivity index (χ1v) is 11.5. The first kappa shape index (κ1) is 23.5. The number of benzene rings is 5. The van der Waals surface area contributed by atoms with Gasteiger partial charge in [0.05, 0.1) is 0 Å². The predicted octanol–water partition coefficient (Wildman–Crippen LogP) is 7.57. The molecular weight excluding hydrogens is 428 g/mol. The van der Waals surface area contributed by atoms with Crippen LogP contribution in [0.3, 0.4) is 0 Å². The second-order valence-corrected chi connectivity index (χ2v) is 8.35. The zero-order chi connectivity index (χ0) is 24.6. The molecule has 0 aromatic heterocycles. The monoisotopic (exact) mass is 458 g/mol. The van der Waals surface area contributed by atoms with E-state index in [0.29, 0.717) is 0 Å². The third-order valence-corrected chi connectivity index (χ3v) is 5.58. The number of nitrogen functional groups attached to an aromatic ring is 3. The van der Waals surface area contributed by atoms with Crippen LogP contribution < -0.4 is 22.1 Å². The van der Waals surface area contributed by atoms with Gasteiger partial charge in [-0.2, -0.15) is 0 Å². The Morgan fingerprint density at radius 3 is 1.34 bits per heavy atom. The fraction of sp³-hybridized carbons (Fsp3) is 0.0323. The van der Waals surface area contributed by atoms with Gasteiger partial charge in [0.15, 0.2) is 0 Å². The highest BCUT2D eigenvalue weighted by molar-refractivity contribution is 5.77. The molecule has 0 aliphatic carbocycles. The Morgan fingerprint density at radius 1 is 0.429 bits per heavy atom. The van der Waals surface area contributed by atoms with Crippen LogP contribution in [0.1, 0.15) is 5.56 Å². The van der Waals surface area contributed by atoms with Crippen LogP contribution in [0.15, 0.2) is 127 Å². The number of anilines is 6. The number of rotatable bonds is 4. The maximum absolute atomic E-state index is 5.81. The zero-order valence-electron chi connectivity index (χ0n) is 19.8. The van der Waals surface area contributed by atoms with Gasteiger partial charge in [-0.15, -0.1) is 0 Å². The molecule has 0 saturated carbocycles. The summed E-state index contributed by atoms with van der Waals surface area (Å²) in [5.74, 6) is 0. The van der Waals surface area contributed by atoms with Gasteiger partial charge in [0.2, 0.25) is 0 Å². The molecule has 0 heterocycles. The van der Waals surface area contributed by atoms with Gasteiger partial charge in [-0.05, 0) is 96.4 Å². The lowest BCUT2D eigenvalue weighted by atomic mass is 10.1. The molecular formula is C31H30N4. The van der Waals surface area contributed by atoms with Gasteiger partial charge >= 0.3 is 0 Å². The standard InChI is InChI=1S/C19H18N2.C12H12N2/c1-15-6-5-9-19(14-15)21(17-7-3-2-4-8-17)18-12-10-16(20)11-13-18;13-11-5-1-9(2-6-11)10-3-7-12(14)8-4-10/h2-14H,20H2,1H3;1-8H,13-14H2. The van der Waals surface area contributed by atoms with Gasteiger partial charge in [-0.3, -0.25) is 0 Å². The van der Waals surface area contributed by atoms with Crippen molar-refractivity contribution in [2.45, 2.75) is 6.92 Å². The molecule has 0 unspecified atom stereocenters. The maximum atomic E-state index is 5.81. The Labute approximate surface area is 207 Å². The van der Waals surface area contributed by atoms with E-state index in [1.807, 2.05) is 78.9 Å². The Kier molecular flexibility index (Phi) is 7.34. The predicted molar refractivity (Wildman–Crippen MR) is 151 cm³/mol. The van der Waals surface area contributed by atoms with Crippen molar-refractivity contribution >= 4 is 34.1 Å². The summed E-state index contributed by atoms with van der Waals surface area (Å²) in [6.07, 6.45) is 0. The number of para-hydroxylation sites is 1. The lowest BCUT2D eigenvalue weighted by Crippen LogP contribution is -2.09. The summed E-state index contributed by atoms with van der Waals surface area (Å²) in [5, 5.41) is 0. The molecule has 0 saturated heterocycles. The van der Waals surface area contributed by atoms with Crippen LogP contribution in [0.4, 0.5) is 34.1 Å². The van der Waals surface area contributed by atoms with E-state index >= 15 is 0 Å². The van der Waals surface area contributed by atoms with Crippen molar-refractivity contribution in [3.05, 3.63) is 133 Å². The van der Waals surface area contributed by atoms with Crippen molar-refractivity contribution in [1.82, 2.24) is 0 Å². The fourth-order valence-corrected chi connectivity index (χ4v) is 3.77. The molecule has 0 aliphatic rings. The van der Waals surface area contributed by atoms with Crippen molar-refractivity contribution in [2.75, 3.05) is 22.1 Å². The van der Waals surface area contributed by atoms with Crippen LogP contribution in [0, 0.1) is 6.92 Å². The largest absolute Gasteiger partial charge is 0.399 e. The van der Waals surface area contributed by atoms with Gasteiger partial charge in [0.25, 0.3) is 0 Å². The lowest BCUT2D eigenvalue weighted by Gasteiger charge is -2.25. The first-order chi connectivity index (χ1) is 17.0. The van der Waals surface area contributed by atoms with Gasteiger partial charge in [0, 0.05) is 34.1 Å². The van der Waals surface area contributed by atoms with E-state index < -0.39 is 0 Å². The fourth-order valence-electron chi connectivity index (χ4n) is 3.77. The van der Waals surface area contributed by atoms with Crippen LogP contribution in [0.25, 0.3) is 11.1 Å². The highest BCUT2D eigenvalue weighted by atomic mass is 15.1. The van der Waals surface area contributed by atoms with Crippen LogP contribution >= 0.6 is 0 Å². The maximum Gasteiger partial charge on any atom is 0.0464 e. The van der Waals surface area contributed by atoms with Crippen LogP contribution in [0.2, 0.25) is 0 Å². The first-order valence-electron chi connectivity index (χ1n) is 11.5. The number of hydrogen-bond acceptors (Lipinski definition) is 4. The molecule has 0 fully saturated rings. The molecule has 5 aromatic rings. The molecule has 0 amide bonds. The van der Waals surface area contributed by atoms with Gasteiger partial charge in [-0.1, -0.05) is 54.6 Å². The van der Waals surface area contributed by atoms with Crippen molar-refractivity contribution in [1.29, 1.82) is 0 Å². The minimum atomic E-state index is 0.774. The van der Waals surface area contributed by atoms with Gasteiger partial charge in [0.1, 0.15) is 0 Å². The summed E-state index contributed by atoms with van der Waals surface area (Å²) in [6.45, 7) is 2.11. The smallest absolute Gasteiger partial charge is 0.0464 e. The van der Waals surface area contributed by atoms with E-state index in [2.05, 4.69) is 60.4 Å². The number of aryl methyl sites for hydroxylation is 1. The molecule has 0 radical (unpaired) electrons. The molecule has 35 heavy (non-hydrogen) atoms. The third kappa shape index (κ3) is 6.21. The van der Waals surface area contributed by atoms with Crippen molar-refractivity contribution < 1.29 is 0 Å². The minimum Gasteiger partial charge on any atom is -0.399 e. The Hall–Kier alpha value is -4.70. The Morgan fingerprint density at radius 2 is 0.857 bits per heavy atom. The quantitative estimate of drug-likeness (QED) is 0.243. The second-order valence-electron chi connectivity index (χ2n) is 8.35. The van der Waals surface area contributed by atoms with E-state index in [4.69, 9.17) is 17.2 Å². The van der Waals surface area contributed by atoms with E-state index in [-0.39, 0.29) is 0 Å². The summed E-state index contributed by atoms with van der Waals surface area (Å²) in [7, 11) is 0. The Balaban J connectivity index is 0.000000179.